The Morgan fingerprint density at radius 2 is 2.13 bits per heavy atom. The Labute approximate surface area is 134 Å². The number of aliphatic carboxylic acids is 1. The highest BCUT2D eigenvalue weighted by Crippen LogP contribution is 2.14. The molecule has 0 aromatic carbocycles. The molecular weight excluding hydrogens is 296 g/mol. The molecule has 0 fully saturated rings. The lowest BCUT2D eigenvalue weighted by molar-refractivity contribution is -0.139. The number of amides is 1. The fraction of sp³-hybridized carbons (Fsp3) is 0.375. The normalized spacial score (nSPS) is 11.9. The van der Waals surface area contributed by atoms with Crippen molar-refractivity contribution in [2.45, 2.75) is 39.2 Å². The van der Waals surface area contributed by atoms with Crippen LogP contribution in [0.2, 0.25) is 0 Å². The number of carboxylic acid groups (broad SMARTS) is 1. The molecule has 0 aliphatic rings. The summed E-state index contributed by atoms with van der Waals surface area (Å²) in [5, 5.41) is 15.9. The van der Waals surface area contributed by atoms with Crippen LogP contribution in [0.4, 0.5) is 0 Å². The molecule has 7 heteroatoms. The molecule has 1 atom stereocenters. The van der Waals surface area contributed by atoms with E-state index in [1.807, 2.05) is 19.9 Å². The summed E-state index contributed by atoms with van der Waals surface area (Å²) >= 11 is 0. The van der Waals surface area contributed by atoms with Gasteiger partial charge < -0.3 is 10.4 Å². The molecule has 0 saturated heterocycles. The number of nitrogens with zero attached hydrogens (tertiary/aromatic N) is 3. The number of pyridine rings is 1. The zero-order chi connectivity index (χ0) is 16.8. The zero-order valence-corrected chi connectivity index (χ0v) is 13.2. The Bertz CT molecular complexity index is 682. The Morgan fingerprint density at radius 1 is 1.35 bits per heavy atom. The maximum Gasteiger partial charge on any atom is 0.326 e. The van der Waals surface area contributed by atoms with E-state index in [4.69, 9.17) is 5.11 Å². The molecule has 7 nitrogen and oxygen atoms in total. The molecular formula is C16H20N4O3. The number of rotatable bonds is 7. The quantitative estimate of drug-likeness (QED) is 0.812. The summed E-state index contributed by atoms with van der Waals surface area (Å²) in [6, 6.07) is 4.54. The van der Waals surface area contributed by atoms with Crippen LogP contribution in [0, 0.1) is 0 Å². The summed E-state index contributed by atoms with van der Waals surface area (Å²) < 4.78 is 1.60. The van der Waals surface area contributed by atoms with Crippen LogP contribution in [0.5, 0.6) is 0 Å². The molecule has 122 valence electrons. The van der Waals surface area contributed by atoms with Gasteiger partial charge in [-0.1, -0.05) is 26.3 Å². The van der Waals surface area contributed by atoms with Crippen molar-refractivity contribution in [3.63, 3.8) is 0 Å². The second-order valence-corrected chi connectivity index (χ2v) is 5.11. The van der Waals surface area contributed by atoms with Crippen molar-refractivity contribution >= 4 is 11.9 Å². The third-order valence-electron chi connectivity index (χ3n) is 3.50. The average molecular weight is 316 g/mol. The number of hydrogen-bond acceptors (Lipinski definition) is 4. The van der Waals surface area contributed by atoms with Crippen molar-refractivity contribution in [3.05, 3.63) is 41.9 Å². The molecule has 0 saturated carbocycles. The van der Waals surface area contributed by atoms with E-state index < -0.39 is 17.9 Å². The van der Waals surface area contributed by atoms with Crippen molar-refractivity contribution in [2.75, 3.05) is 0 Å². The van der Waals surface area contributed by atoms with Gasteiger partial charge in [0, 0.05) is 6.20 Å². The van der Waals surface area contributed by atoms with Crippen LogP contribution < -0.4 is 5.32 Å². The predicted molar refractivity (Wildman–Crippen MR) is 84.5 cm³/mol. The molecule has 0 aliphatic carbocycles. The summed E-state index contributed by atoms with van der Waals surface area (Å²) in [4.78, 5) is 27.8. The minimum Gasteiger partial charge on any atom is -0.480 e. The van der Waals surface area contributed by atoms with Crippen LogP contribution in [0.15, 0.2) is 30.6 Å². The Balaban J connectivity index is 2.28. The molecule has 1 unspecified atom stereocenters. The second-order valence-electron chi connectivity index (χ2n) is 5.11. The molecule has 23 heavy (non-hydrogen) atoms. The van der Waals surface area contributed by atoms with E-state index in [0.717, 1.165) is 0 Å². The Hall–Kier alpha value is -2.70. The highest BCUT2D eigenvalue weighted by atomic mass is 16.4. The minimum atomic E-state index is -1.03. The zero-order valence-electron chi connectivity index (χ0n) is 13.2. The van der Waals surface area contributed by atoms with Gasteiger partial charge in [0.05, 0.1) is 17.5 Å². The van der Waals surface area contributed by atoms with Crippen molar-refractivity contribution in [2.24, 2.45) is 0 Å². The molecule has 2 rings (SSSR count). The monoisotopic (exact) mass is 316 g/mol. The van der Waals surface area contributed by atoms with E-state index in [0.29, 0.717) is 36.3 Å². The van der Waals surface area contributed by atoms with E-state index in [2.05, 4.69) is 15.4 Å². The van der Waals surface area contributed by atoms with Gasteiger partial charge in [-0.3, -0.25) is 4.79 Å². The number of aromatic nitrogens is 3. The van der Waals surface area contributed by atoms with Crippen molar-refractivity contribution in [1.29, 1.82) is 0 Å². The van der Waals surface area contributed by atoms with Crippen LogP contribution >= 0.6 is 0 Å². The van der Waals surface area contributed by atoms with Crippen LogP contribution in [-0.4, -0.2) is 37.8 Å². The molecule has 0 radical (unpaired) electrons. The molecule has 2 N–H and O–H groups in total. The largest absolute Gasteiger partial charge is 0.480 e. The van der Waals surface area contributed by atoms with Gasteiger partial charge in [0.25, 0.3) is 5.91 Å². The lowest BCUT2D eigenvalue weighted by atomic mass is 10.1. The summed E-state index contributed by atoms with van der Waals surface area (Å²) in [6.45, 7) is 3.78. The first-order chi connectivity index (χ1) is 11.1. The number of carbonyl (C=O) groups excluding carboxylic acids is 1. The maximum absolute atomic E-state index is 12.4. The average Bonchev–Trinajstić information content (AvgIpc) is 2.99. The van der Waals surface area contributed by atoms with Gasteiger partial charge in [-0.05, 0) is 25.0 Å². The van der Waals surface area contributed by atoms with Gasteiger partial charge in [0.15, 0.2) is 5.82 Å². The summed E-state index contributed by atoms with van der Waals surface area (Å²) in [5.74, 6) is -0.841. The topological polar surface area (TPSA) is 97.1 Å². The number of nitrogens with one attached hydrogen (secondary N) is 1. The number of carbonyl (C=O) groups is 2. The third kappa shape index (κ3) is 3.74. The number of hydrogen-bond donors (Lipinski definition) is 2. The first kappa shape index (κ1) is 16.7. The molecule has 2 aromatic heterocycles. The second kappa shape index (κ2) is 7.53. The van der Waals surface area contributed by atoms with E-state index in [1.165, 1.54) is 6.20 Å². The molecule has 2 aromatic rings. The van der Waals surface area contributed by atoms with Crippen molar-refractivity contribution in [3.8, 4) is 5.82 Å². The number of carboxylic acids is 1. The smallest absolute Gasteiger partial charge is 0.326 e. The highest BCUT2D eigenvalue weighted by molar-refractivity contribution is 5.97. The van der Waals surface area contributed by atoms with Gasteiger partial charge in [-0.2, -0.15) is 5.10 Å². The fourth-order valence-corrected chi connectivity index (χ4v) is 2.36. The van der Waals surface area contributed by atoms with Crippen LogP contribution in [-0.2, 0) is 11.2 Å². The van der Waals surface area contributed by atoms with Gasteiger partial charge in [-0.15, -0.1) is 0 Å². The Kier molecular flexibility index (Phi) is 5.46. The van der Waals surface area contributed by atoms with E-state index in [-0.39, 0.29) is 0 Å². The van der Waals surface area contributed by atoms with Gasteiger partial charge in [0.1, 0.15) is 6.04 Å². The predicted octanol–water partition coefficient (Wildman–Crippen LogP) is 1.81. The van der Waals surface area contributed by atoms with Gasteiger partial charge >= 0.3 is 5.97 Å². The lowest BCUT2D eigenvalue weighted by Gasteiger charge is -2.13. The van der Waals surface area contributed by atoms with Crippen LogP contribution in [0.3, 0.4) is 0 Å². The molecule has 2 heterocycles. The molecule has 0 aliphatic heterocycles. The first-order valence-electron chi connectivity index (χ1n) is 7.60. The fourth-order valence-electron chi connectivity index (χ4n) is 2.36. The third-order valence-corrected chi connectivity index (χ3v) is 3.50. The van der Waals surface area contributed by atoms with Crippen molar-refractivity contribution < 1.29 is 14.7 Å². The lowest BCUT2D eigenvalue weighted by Crippen LogP contribution is -2.40. The first-order valence-corrected chi connectivity index (χ1v) is 7.60. The molecule has 1 amide bonds. The standard InChI is InChI=1S/C16H20N4O3/c1-3-7-12(16(22)23)19-15(21)11-10-18-20(13(11)4-2)14-8-5-6-9-17-14/h5-6,8-10,12H,3-4,7H2,1-2H3,(H,19,21)(H,22,23). The van der Waals surface area contributed by atoms with Crippen LogP contribution in [0.1, 0.15) is 42.7 Å². The highest BCUT2D eigenvalue weighted by Gasteiger charge is 2.23. The SMILES string of the molecule is CCCC(NC(=O)c1cnn(-c2ccccn2)c1CC)C(=O)O. The van der Waals surface area contributed by atoms with Crippen molar-refractivity contribution in [1.82, 2.24) is 20.1 Å². The van der Waals surface area contributed by atoms with Crippen LogP contribution in [0.25, 0.3) is 5.82 Å². The summed E-state index contributed by atoms with van der Waals surface area (Å²) in [7, 11) is 0. The summed E-state index contributed by atoms with van der Waals surface area (Å²) in [5.41, 5.74) is 1.07. The Morgan fingerprint density at radius 3 is 2.70 bits per heavy atom. The van der Waals surface area contributed by atoms with E-state index in [1.54, 1.807) is 23.0 Å². The molecule has 0 bridgehead atoms. The van der Waals surface area contributed by atoms with E-state index in [9.17, 15) is 9.59 Å². The van der Waals surface area contributed by atoms with E-state index >= 15 is 0 Å². The van der Waals surface area contributed by atoms with Gasteiger partial charge in [0.2, 0.25) is 0 Å². The minimum absolute atomic E-state index is 0.375. The molecule has 0 spiro atoms. The summed E-state index contributed by atoms with van der Waals surface area (Å²) in [6.07, 6.45) is 4.73. The van der Waals surface area contributed by atoms with Gasteiger partial charge in [-0.25, -0.2) is 14.5 Å². The maximum atomic E-state index is 12.4.